The number of rotatable bonds is 6. The number of nitrogens with zero attached hydrogens (tertiary/aromatic N) is 1. The van der Waals surface area contributed by atoms with Gasteiger partial charge < -0.3 is 10.2 Å². The number of nitrogens with one attached hydrogen (secondary N) is 1. The molecule has 2 nitrogen and oxygen atoms in total. The van der Waals surface area contributed by atoms with Crippen LogP contribution in [0.15, 0.2) is 30.3 Å². The van der Waals surface area contributed by atoms with E-state index in [1.165, 1.54) is 12.0 Å². The van der Waals surface area contributed by atoms with Crippen molar-refractivity contribution in [2.24, 2.45) is 0 Å². The SMILES string of the molecule is C[C@@H](NCCCN(C)C)c1ccccc1. The van der Waals surface area contributed by atoms with E-state index in [1.54, 1.807) is 0 Å². The van der Waals surface area contributed by atoms with Crippen LogP contribution in [0.25, 0.3) is 0 Å². The van der Waals surface area contributed by atoms with Gasteiger partial charge in [-0.15, -0.1) is 0 Å². The summed E-state index contributed by atoms with van der Waals surface area (Å²) in [6, 6.07) is 11.0. The van der Waals surface area contributed by atoms with Gasteiger partial charge in [0.25, 0.3) is 0 Å². The minimum Gasteiger partial charge on any atom is -0.310 e. The summed E-state index contributed by atoms with van der Waals surface area (Å²) >= 11 is 0. The Balaban J connectivity index is 2.22. The summed E-state index contributed by atoms with van der Waals surface area (Å²) in [5.41, 5.74) is 1.36. The maximum atomic E-state index is 3.53. The van der Waals surface area contributed by atoms with Gasteiger partial charge in [-0.3, -0.25) is 0 Å². The first kappa shape index (κ1) is 12.2. The molecule has 0 aliphatic carbocycles. The van der Waals surface area contributed by atoms with Gasteiger partial charge >= 0.3 is 0 Å². The quantitative estimate of drug-likeness (QED) is 0.718. The lowest BCUT2D eigenvalue weighted by Crippen LogP contribution is -2.23. The van der Waals surface area contributed by atoms with Crippen molar-refractivity contribution in [2.75, 3.05) is 27.2 Å². The van der Waals surface area contributed by atoms with Crippen molar-refractivity contribution in [2.45, 2.75) is 19.4 Å². The Morgan fingerprint density at radius 1 is 1.20 bits per heavy atom. The van der Waals surface area contributed by atoms with Gasteiger partial charge in [0.15, 0.2) is 0 Å². The van der Waals surface area contributed by atoms with Crippen molar-refractivity contribution in [1.29, 1.82) is 0 Å². The Morgan fingerprint density at radius 2 is 1.87 bits per heavy atom. The van der Waals surface area contributed by atoms with E-state index in [0.29, 0.717) is 6.04 Å². The summed E-state index contributed by atoms with van der Waals surface area (Å²) in [4.78, 5) is 2.22. The highest BCUT2D eigenvalue weighted by Crippen LogP contribution is 2.10. The molecule has 0 aliphatic rings. The topological polar surface area (TPSA) is 15.3 Å². The van der Waals surface area contributed by atoms with Gasteiger partial charge in [0.05, 0.1) is 0 Å². The average Bonchev–Trinajstić information content (AvgIpc) is 2.25. The molecule has 0 spiro atoms. The molecule has 0 aromatic heterocycles. The van der Waals surface area contributed by atoms with Crippen molar-refractivity contribution in [3.8, 4) is 0 Å². The zero-order chi connectivity index (χ0) is 11.1. The Labute approximate surface area is 93.3 Å². The third-order valence-corrected chi connectivity index (χ3v) is 2.53. The molecule has 0 heterocycles. The number of hydrogen-bond acceptors (Lipinski definition) is 2. The van der Waals surface area contributed by atoms with Gasteiger partial charge in [-0.2, -0.15) is 0 Å². The van der Waals surface area contributed by atoms with E-state index in [1.807, 2.05) is 0 Å². The summed E-state index contributed by atoms with van der Waals surface area (Å²) in [6.45, 7) is 4.44. The summed E-state index contributed by atoms with van der Waals surface area (Å²) in [6.07, 6.45) is 1.20. The van der Waals surface area contributed by atoms with Gasteiger partial charge in [0.1, 0.15) is 0 Å². The Hall–Kier alpha value is -0.860. The van der Waals surface area contributed by atoms with E-state index in [2.05, 4.69) is 61.6 Å². The van der Waals surface area contributed by atoms with Crippen LogP contribution in [-0.4, -0.2) is 32.1 Å². The van der Waals surface area contributed by atoms with Crippen LogP contribution in [0.1, 0.15) is 24.9 Å². The molecule has 0 aliphatic heterocycles. The second kappa shape index (κ2) is 6.59. The zero-order valence-electron chi connectivity index (χ0n) is 10.0. The van der Waals surface area contributed by atoms with Crippen molar-refractivity contribution in [3.63, 3.8) is 0 Å². The third kappa shape index (κ3) is 4.96. The fourth-order valence-corrected chi connectivity index (χ4v) is 1.57. The molecule has 15 heavy (non-hydrogen) atoms. The van der Waals surface area contributed by atoms with Crippen LogP contribution in [0.2, 0.25) is 0 Å². The van der Waals surface area contributed by atoms with Gasteiger partial charge in [-0.25, -0.2) is 0 Å². The summed E-state index contributed by atoms with van der Waals surface area (Å²) in [5, 5.41) is 3.53. The van der Waals surface area contributed by atoms with Crippen LogP contribution in [-0.2, 0) is 0 Å². The summed E-state index contributed by atoms with van der Waals surface area (Å²) in [5.74, 6) is 0. The largest absolute Gasteiger partial charge is 0.310 e. The lowest BCUT2D eigenvalue weighted by Gasteiger charge is -2.15. The zero-order valence-corrected chi connectivity index (χ0v) is 10.0. The predicted molar refractivity (Wildman–Crippen MR) is 66.0 cm³/mol. The molecule has 1 aromatic carbocycles. The predicted octanol–water partition coefficient (Wildman–Crippen LogP) is 2.29. The van der Waals surface area contributed by atoms with E-state index in [4.69, 9.17) is 0 Å². The Kier molecular flexibility index (Phi) is 5.37. The standard InChI is InChI=1S/C13H22N2/c1-12(13-8-5-4-6-9-13)14-10-7-11-15(2)3/h4-6,8-9,12,14H,7,10-11H2,1-3H3/t12-/m1/s1. The van der Waals surface area contributed by atoms with Crippen molar-refractivity contribution < 1.29 is 0 Å². The van der Waals surface area contributed by atoms with Crippen LogP contribution in [0.3, 0.4) is 0 Å². The maximum absolute atomic E-state index is 3.53. The molecule has 0 saturated carbocycles. The first-order valence-corrected chi connectivity index (χ1v) is 5.63. The second-order valence-electron chi connectivity index (χ2n) is 4.24. The van der Waals surface area contributed by atoms with Crippen LogP contribution in [0, 0.1) is 0 Å². The molecule has 0 bridgehead atoms. The van der Waals surface area contributed by atoms with E-state index >= 15 is 0 Å². The third-order valence-electron chi connectivity index (χ3n) is 2.53. The van der Waals surface area contributed by atoms with Crippen LogP contribution >= 0.6 is 0 Å². The van der Waals surface area contributed by atoms with Gasteiger partial charge in [0.2, 0.25) is 0 Å². The molecule has 0 unspecified atom stereocenters. The smallest absolute Gasteiger partial charge is 0.0291 e. The lowest BCUT2D eigenvalue weighted by molar-refractivity contribution is 0.389. The number of hydrogen-bond donors (Lipinski definition) is 1. The van der Waals surface area contributed by atoms with Crippen molar-refractivity contribution >= 4 is 0 Å². The summed E-state index contributed by atoms with van der Waals surface area (Å²) < 4.78 is 0. The molecule has 1 atom stereocenters. The van der Waals surface area contributed by atoms with E-state index in [9.17, 15) is 0 Å². The highest BCUT2D eigenvalue weighted by Gasteiger charge is 2.02. The van der Waals surface area contributed by atoms with Gasteiger partial charge in [-0.05, 0) is 46.1 Å². The van der Waals surface area contributed by atoms with E-state index < -0.39 is 0 Å². The van der Waals surface area contributed by atoms with Crippen molar-refractivity contribution in [1.82, 2.24) is 10.2 Å². The first-order chi connectivity index (χ1) is 7.20. The number of benzene rings is 1. The highest BCUT2D eigenvalue weighted by atomic mass is 15.1. The minimum atomic E-state index is 0.452. The molecule has 1 aromatic rings. The molecular weight excluding hydrogens is 184 g/mol. The lowest BCUT2D eigenvalue weighted by atomic mass is 10.1. The van der Waals surface area contributed by atoms with Crippen molar-refractivity contribution in [3.05, 3.63) is 35.9 Å². The van der Waals surface area contributed by atoms with Crippen LogP contribution < -0.4 is 5.32 Å². The van der Waals surface area contributed by atoms with Gasteiger partial charge in [0, 0.05) is 6.04 Å². The molecule has 0 radical (unpaired) electrons. The minimum absolute atomic E-state index is 0.452. The Morgan fingerprint density at radius 3 is 2.47 bits per heavy atom. The van der Waals surface area contributed by atoms with E-state index in [0.717, 1.165) is 13.1 Å². The Bertz CT molecular complexity index is 256. The molecule has 0 fully saturated rings. The van der Waals surface area contributed by atoms with Crippen LogP contribution in [0.4, 0.5) is 0 Å². The second-order valence-corrected chi connectivity index (χ2v) is 4.24. The molecule has 1 N–H and O–H groups in total. The normalized spacial score (nSPS) is 13.1. The molecular formula is C13H22N2. The monoisotopic (exact) mass is 206 g/mol. The molecule has 0 saturated heterocycles. The molecule has 1 rings (SSSR count). The van der Waals surface area contributed by atoms with E-state index in [-0.39, 0.29) is 0 Å². The average molecular weight is 206 g/mol. The fourth-order valence-electron chi connectivity index (χ4n) is 1.57. The molecule has 2 heteroatoms. The first-order valence-electron chi connectivity index (χ1n) is 5.63. The summed E-state index contributed by atoms with van der Waals surface area (Å²) in [7, 11) is 4.22. The molecule has 0 amide bonds. The maximum Gasteiger partial charge on any atom is 0.0291 e. The van der Waals surface area contributed by atoms with Crippen LogP contribution in [0.5, 0.6) is 0 Å². The molecule has 84 valence electrons. The fraction of sp³-hybridized carbons (Fsp3) is 0.538. The highest BCUT2D eigenvalue weighted by molar-refractivity contribution is 5.17. The van der Waals surface area contributed by atoms with Gasteiger partial charge in [-0.1, -0.05) is 30.3 Å².